The van der Waals surface area contributed by atoms with E-state index in [1.807, 2.05) is 13.0 Å². The van der Waals surface area contributed by atoms with Crippen LogP contribution in [0.15, 0.2) is 41.2 Å². The minimum atomic E-state index is -0.295. The second-order valence-corrected chi connectivity index (χ2v) is 4.30. The van der Waals surface area contributed by atoms with Crippen LogP contribution in [-0.4, -0.2) is 13.7 Å². The lowest BCUT2D eigenvalue weighted by atomic mass is 10.0. The molecule has 1 heterocycles. The zero-order chi connectivity index (χ0) is 13.7. The Morgan fingerprint density at radius 2 is 2.21 bits per heavy atom. The highest BCUT2D eigenvalue weighted by atomic mass is 19.1. The van der Waals surface area contributed by atoms with Crippen molar-refractivity contribution in [2.45, 2.75) is 19.4 Å². The number of nitrogens with one attached hydrogen (secondary N) is 1. The summed E-state index contributed by atoms with van der Waals surface area (Å²) in [5, 5.41) is 3.33. The lowest BCUT2D eigenvalue weighted by Crippen LogP contribution is -2.23. The molecule has 2 aromatic rings. The highest BCUT2D eigenvalue weighted by Crippen LogP contribution is 2.25. The summed E-state index contributed by atoms with van der Waals surface area (Å²) in [6, 6.07) is 7.13. The third-order valence-corrected chi connectivity index (χ3v) is 3.08. The van der Waals surface area contributed by atoms with E-state index in [9.17, 15) is 4.39 Å². The number of halogens is 1. The van der Waals surface area contributed by atoms with E-state index in [2.05, 4.69) is 5.32 Å². The van der Waals surface area contributed by atoms with Crippen LogP contribution in [0.3, 0.4) is 0 Å². The van der Waals surface area contributed by atoms with Gasteiger partial charge in [-0.2, -0.15) is 0 Å². The lowest BCUT2D eigenvalue weighted by Gasteiger charge is -2.17. The number of rotatable bonds is 6. The Bertz CT molecular complexity index is 511. The fourth-order valence-electron chi connectivity index (χ4n) is 2.12. The van der Waals surface area contributed by atoms with Crippen molar-refractivity contribution in [3.63, 3.8) is 0 Å². The third kappa shape index (κ3) is 3.15. The average molecular weight is 263 g/mol. The van der Waals surface area contributed by atoms with Crippen LogP contribution in [0.4, 0.5) is 4.39 Å². The second-order valence-electron chi connectivity index (χ2n) is 4.30. The summed E-state index contributed by atoms with van der Waals surface area (Å²) in [5.74, 6) is -0.0173. The number of benzene rings is 1. The highest BCUT2D eigenvalue weighted by molar-refractivity contribution is 5.32. The Kier molecular flexibility index (Phi) is 4.58. The molecule has 0 saturated carbocycles. The Hall–Kier alpha value is -1.81. The van der Waals surface area contributed by atoms with E-state index >= 15 is 0 Å². The fourth-order valence-corrected chi connectivity index (χ4v) is 2.12. The summed E-state index contributed by atoms with van der Waals surface area (Å²) in [6.07, 6.45) is 3.86. The van der Waals surface area contributed by atoms with Gasteiger partial charge in [0, 0.05) is 11.6 Å². The van der Waals surface area contributed by atoms with E-state index in [1.165, 1.54) is 7.11 Å². The molecule has 0 saturated heterocycles. The summed E-state index contributed by atoms with van der Waals surface area (Å²) >= 11 is 0. The van der Waals surface area contributed by atoms with Gasteiger partial charge >= 0.3 is 0 Å². The van der Waals surface area contributed by atoms with Crippen LogP contribution < -0.4 is 10.1 Å². The van der Waals surface area contributed by atoms with Gasteiger partial charge in [-0.15, -0.1) is 0 Å². The number of hydrogen-bond donors (Lipinski definition) is 1. The van der Waals surface area contributed by atoms with Gasteiger partial charge in [-0.25, -0.2) is 4.39 Å². The van der Waals surface area contributed by atoms with Gasteiger partial charge in [0.2, 0.25) is 0 Å². The predicted octanol–water partition coefficient (Wildman–Crippen LogP) is 3.32. The van der Waals surface area contributed by atoms with E-state index in [1.54, 1.807) is 30.7 Å². The van der Waals surface area contributed by atoms with Crippen LogP contribution in [0.1, 0.15) is 24.1 Å². The van der Waals surface area contributed by atoms with Gasteiger partial charge in [0.15, 0.2) is 11.6 Å². The van der Waals surface area contributed by atoms with E-state index < -0.39 is 0 Å². The minimum Gasteiger partial charge on any atom is -0.494 e. The molecule has 0 aliphatic rings. The molecule has 4 heteroatoms. The average Bonchev–Trinajstić information content (AvgIpc) is 2.94. The third-order valence-electron chi connectivity index (χ3n) is 3.08. The molecular weight excluding hydrogens is 245 g/mol. The maximum Gasteiger partial charge on any atom is 0.168 e. The van der Waals surface area contributed by atoms with Crippen LogP contribution >= 0.6 is 0 Å². The number of likely N-dealkylation sites (N-methyl/N-ethyl adjacent to an activating group) is 1. The van der Waals surface area contributed by atoms with Crippen molar-refractivity contribution in [2.24, 2.45) is 0 Å². The molecule has 0 radical (unpaired) electrons. The largest absolute Gasteiger partial charge is 0.494 e. The van der Waals surface area contributed by atoms with Gasteiger partial charge in [-0.1, -0.05) is 19.1 Å². The fraction of sp³-hybridized carbons (Fsp3) is 0.333. The summed E-state index contributed by atoms with van der Waals surface area (Å²) in [6.45, 7) is 2.83. The minimum absolute atomic E-state index is 0.0327. The smallest absolute Gasteiger partial charge is 0.168 e. The first-order valence-electron chi connectivity index (χ1n) is 6.33. The summed E-state index contributed by atoms with van der Waals surface area (Å²) in [4.78, 5) is 0. The van der Waals surface area contributed by atoms with E-state index in [4.69, 9.17) is 9.15 Å². The van der Waals surface area contributed by atoms with Crippen molar-refractivity contribution in [2.75, 3.05) is 13.7 Å². The van der Waals surface area contributed by atoms with Gasteiger partial charge in [-0.05, 0) is 30.7 Å². The van der Waals surface area contributed by atoms with Crippen molar-refractivity contribution >= 4 is 0 Å². The SMILES string of the molecule is CCNC(Cc1cccc(OC)c1F)c1ccoc1. The Morgan fingerprint density at radius 1 is 1.37 bits per heavy atom. The van der Waals surface area contributed by atoms with Crippen molar-refractivity contribution < 1.29 is 13.5 Å². The first-order chi connectivity index (χ1) is 9.26. The molecule has 1 aromatic heterocycles. The van der Waals surface area contributed by atoms with Crippen molar-refractivity contribution in [1.29, 1.82) is 0 Å². The number of methoxy groups -OCH3 is 1. The van der Waals surface area contributed by atoms with E-state index in [0.717, 1.165) is 12.1 Å². The summed E-state index contributed by atoms with van der Waals surface area (Å²) < 4.78 is 24.2. The van der Waals surface area contributed by atoms with Gasteiger partial charge in [-0.3, -0.25) is 0 Å². The molecule has 1 atom stereocenters. The molecule has 0 aliphatic heterocycles. The Labute approximate surface area is 112 Å². The first-order valence-corrected chi connectivity index (χ1v) is 6.33. The summed E-state index contributed by atoms with van der Waals surface area (Å²) in [7, 11) is 1.47. The molecule has 0 amide bonds. The van der Waals surface area contributed by atoms with Gasteiger partial charge in [0.05, 0.1) is 19.6 Å². The molecule has 2 rings (SSSR count). The molecular formula is C15H18FNO2. The van der Waals surface area contributed by atoms with Crippen molar-refractivity contribution in [3.8, 4) is 5.75 Å². The van der Waals surface area contributed by atoms with Crippen LogP contribution in [0, 0.1) is 5.82 Å². The van der Waals surface area contributed by atoms with E-state index in [0.29, 0.717) is 12.0 Å². The normalized spacial score (nSPS) is 12.4. The molecule has 1 unspecified atom stereocenters. The number of hydrogen-bond acceptors (Lipinski definition) is 3. The molecule has 0 fully saturated rings. The molecule has 0 bridgehead atoms. The lowest BCUT2D eigenvalue weighted by molar-refractivity contribution is 0.382. The highest BCUT2D eigenvalue weighted by Gasteiger charge is 2.16. The molecule has 0 aliphatic carbocycles. The second kappa shape index (κ2) is 6.38. The Morgan fingerprint density at radius 3 is 2.84 bits per heavy atom. The molecule has 3 nitrogen and oxygen atoms in total. The molecule has 19 heavy (non-hydrogen) atoms. The maximum absolute atomic E-state index is 14.1. The molecule has 1 aromatic carbocycles. The molecule has 1 N–H and O–H groups in total. The van der Waals surface area contributed by atoms with Crippen LogP contribution in [0.25, 0.3) is 0 Å². The number of furan rings is 1. The van der Waals surface area contributed by atoms with Crippen molar-refractivity contribution in [3.05, 3.63) is 53.7 Å². The zero-order valence-electron chi connectivity index (χ0n) is 11.2. The zero-order valence-corrected chi connectivity index (χ0v) is 11.2. The van der Waals surface area contributed by atoms with Crippen LogP contribution in [0.5, 0.6) is 5.75 Å². The summed E-state index contributed by atoms with van der Waals surface area (Å²) in [5.41, 5.74) is 1.65. The van der Waals surface area contributed by atoms with Crippen molar-refractivity contribution in [1.82, 2.24) is 5.32 Å². The standard InChI is InChI=1S/C15H18FNO2/c1-3-17-13(12-7-8-19-10-12)9-11-5-4-6-14(18-2)15(11)16/h4-8,10,13,17H,3,9H2,1-2H3. The van der Waals surface area contributed by atoms with Gasteiger partial charge in [0.25, 0.3) is 0 Å². The molecule has 102 valence electrons. The van der Waals surface area contributed by atoms with Crippen LogP contribution in [-0.2, 0) is 6.42 Å². The first kappa shape index (κ1) is 13.6. The van der Waals surface area contributed by atoms with Gasteiger partial charge < -0.3 is 14.5 Å². The van der Waals surface area contributed by atoms with Crippen LogP contribution in [0.2, 0.25) is 0 Å². The van der Waals surface area contributed by atoms with E-state index in [-0.39, 0.29) is 17.6 Å². The quantitative estimate of drug-likeness (QED) is 0.868. The van der Waals surface area contributed by atoms with Gasteiger partial charge in [0.1, 0.15) is 0 Å². The topological polar surface area (TPSA) is 34.4 Å². The maximum atomic E-state index is 14.1. The molecule has 0 spiro atoms. The predicted molar refractivity (Wildman–Crippen MR) is 71.8 cm³/mol. The monoisotopic (exact) mass is 263 g/mol. The number of ether oxygens (including phenoxy) is 1. The Balaban J connectivity index is 2.22.